The molecule has 0 aliphatic rings. The molecule has 2 rings (SSSR count). The summed E-state index contributed by atoms with van der Waals surface area (Å²) < 4.78 is 32.2. The van der Waals surface area contributed by atoms with Crippen LogP contribution in [0.15, 0.2) is 39.6 Å². The molecule has 1 aromatic heterocycles. The van der Waals surface area contributed by atoms with Crippen molar-refractivity contribution in [3.8, 4) is 0 Å². The van der Waals surface area contributed by atoms with Gasteiger partial charge in [-0.05, 0) is 26.0 Å². The quantitative estimate of drug-likeness (QED) is 0.812. The van der Waals surface area contributed by atoms with E-state index in [2.05, 4.69) is 0 Å². The molecule has 0 radical (unpaired) electrons. The third kappa shape index (κ3) is 2.43. The zero-order valence-corrected chi connectivity index (χ0v) is 13.1. The minimum atomic E-state index is -3.69. The van der Waals surface area contributed by atoms with E-state index in [0.717, 1.165) is 0 Å². The predicted molar refractivity (Wildman–Crippen MR) is 79.8 cm³/mol. The van der Waals surface area contributed by atoms with Crippen LogP contribution in [0.4, 0.5) is 5.69 Å². The fourth-order valence-electron chi connectivity index (χ4n) is 2.12. The Morgan fingerprint density at radius 1 is 1.15 bits per heavy atom. The number of rotatable bonds is 4. The average Bonchev–Trinajstić information content (AvgIpc) is 2.73. The molecule has 0 atom stereocenters. The molecular weight excluding hydrogens is 298 g/mol. The van der Waals surface area contributed by atoms with Gasteiger partial charge in [0.15, 0.2) is 0 Å². The SMILES string of the molecule is Cc1oc(C)c(S(=O)(=O)N(C)c2ccccc2)c1CCl. The average molecular weight is 314 g/mol. The molecule has 0 bridgehead atoms. The summed E-state index contributed by atoms with van der Waals surface area (Å²) in [7, 11) is -2.17. The topological polar surface area (TPSA) is 50.5 Å². The summed E-state index contributed by atoms with van der Waals surface area (Å²) >= 11 is 5.86. The van der Waals surface area contributed by atoms with E-state index in [-0.39, 0.29) is 10.8 Å². The Hall–Kier alpha value is -1.46. The van der Waals surface area contributed by atoms with Gasteiger partial charge in [-0.25, -0.2) is 8.42 Å². The van der Waals surface area contributed by atoms with Gasteiger partial charge in [0.25, 0.3) is 10.0 Å². The van der Waals surface area contributed by atoms with Gasteiger partial charge in [0.05, 0.1) is 11.6 Å². The second-order valence-electron chi connectivity index (χ2n) is 4.46. The highest BCUT2D eigenvalue weighted by molar-refractivity contribution is 7.92. The molecule has 0 aliphatic heterocycles. The maximum atomic E-state index is 12.8. The van der Waals surface area contributed by atoms with E-state index in [0.29, 0.717) is 22.8 Å². The first-order valence-electron chi connectivity index (χ1n) is 6.08. The zero-order valence-electron chi connectivity index (χ0n) is 11.6. The summed E-state index contributed by atoms with van der Waals surface area (Å²) in [5.74, 6) is 0.999. The summed E-state index contributed by atoms with van der Waals surface area (Å²) in [4.78, 5) is 0.163. The molecule has 0 saturated heterocycles. The van der Waals surface area contributed by atoms with Crippen molar-refractivity contribution in [1.29, 1.82) is 0 Å². The van der Waals surface area contributed by atoms with Gasteiger partial charge in [-0.15, -0.1) is 11.6 Å². The number of halogens is 1. The van der Waals surface area contributed by atoms with E-state index < -0.39 is 10.0 Å². The predicted octanol–water partition coefficient (Wildman–Crippen LogP) is 3.46. The van der Waals surface area contributed by atoms with Crippen molar-refractivity contribution in [2.45, 2.75) is 24.6 Å². The van der Waals surface area contributed by atoms with E-state index >= 15 is 0 Å². The van der Waals surface area contributed by atoms with Crippen LogP contribution in [0.5, 0.6) is 0 Å². The normalized spacial score (nSPS) is 11.6. The molecule has 0 N–H and O–H groups in total. The van der Waals surface area contributed by atoms with E-state index in [1.807, 2.05) is 6.07 Å². The second-order valence-corrected chi connectivity index (χ2v) is 6.64. The molecule has 4 nitrogen and oxygen atoms in total. The van der Waals surface area contributed by atoms with Gasteiger partial charge >= 0.3 is 0 Å². The van der Waals surface area contributed by atoms with E-state index in [1.54, 1.807) is 38.1 Å². The molecule has 20 heavy (non-hydrogen) atoms. The van der Waals surface area contributed by atoms with Crippen LogP contribution in [0, 0.1) is 13.8 Å². The minimum Gasteiger partial charge on any atom is -0.465 e. The molecule has 6 heteroatoms. The number of hydrogen-bond acceptors (Lipinski definition) is 3. The molecule has 0 unspecified atom stereocenters. The van der Waals surface area contributed by atoms with Gasteiger partial charge in [-0.2, -0.15) is 0 Å². The number of benzene rings is 1. The zero-order chi connectivity index (χ0) is 14.9. The standard InChI is InChI=1S/C14H16ClNO3S/c1-10-13(9-15)14(11(2)19-10)20(17,18)16(3)12-7-5-4-6-8-12/h4-8H,9H2,1-3H3. The van der Waals surface area contributed by atoms with Crippen molar-refractivity contribution in [3.05, 3.63) is 47.4 Å². The van der Waals surface area contributed by atoms with E-state index in [9.17, 15) is 8.42 Å². The number of aryl methyl sites for hydroxylation is 2. The summed E-state index contributed by atoms with van der Waals surface area (Å²) in [6, 6.07) is 8.89. The van der Waals surface area contributed by atoms with Crippen molar-refractivity contribution < 1.29 is 12.8 Å². The van der Waals surface area contributed by atoms with Crippen LogP contribution in [0.2, 0.25) is 0 Å². The summed E-state index contributed by atoms with van der Waals surface area (Å²) in [5.41, 5.74) is 1.11. The van der Waals surface area contributed by atoms with Gasteiger partial charge < -0.3 is 4.42 Å². The van der Waals surface area contributed by atoms with Gasteiger partial charge in [-0.1, -0.05) is 18.2 Å². The summed E-state index contributed by atoms with van der Waals surface area (Å²) in [6.07, 6.45) is 0. The maximum absolute atomic E-state index is 12.8. The molecular formula is C14H16ClNO3S. The first-order chi connectivity index (χ1) is 9.39. The van der Waals surface area contributed by atoms with Gasteiger partial charge in [-0.3, -0.25) is 4.31 Å². The summed E-state index contributed by atoms with van der Waals surface area (Å²) in [6.45, 7) is 3.35. The fourth-order valence-corrected chi connectivity index (χ4v) is 4.12. The number of alkyl halides is 1. The number of nitrogens with zero attached hydrogens (tertiary/aromatic N) is 1. The molecule has 0 spiro atoms. The van der Waals surface area contributed by atoms with Crippen molar-refractivity contribution in [3.63, 3.8) is 0 Å². The van der Waals surface area contributed by atoms with Crippen molar-refractivity contribution >= 4 is 27.3 Å². The van der Waals surface area contributed by atoms with Gasteiger partial charge in [0.1, 0.15) is 16.4 Å². The Bertz CT molecular complexity index is 708. The van der Waals surface area contributed by atoms with Crippen LogP contribution in [-0.4, -0.2) is 15.5 Å². The van der Waals surface area contributed by atoms with Crippen LogP contribution in [0.1, 0.15) is 17.1 Å². The fraction of sp³-hybridized carbons (Fsp3) is 0.286. The Morgan fingerprint density at radius 2 is 1.75 bits per heavy atom. The number of anilines is 1. The van der Waals surface area contributed by atoms with Crippen molar-refractivity contribution in [2.75, 3.05) is 11.4 Å². The van der Waals surface area contributed by atoms with Gasteiger partial charge in [0.2, 0.25) is 0 Å². The highest BCUT2D eigenvalue weighted by atomic mass is 35.5. The minimum absolute atomic E-state index is 0.0976. The Balaban J connectivity index is 2.57. The lowest BCUT2D eigenvalue weighted by molar-refractivity contribution is 0.495. The van der Waals surface area contributed by atoms with Crippen LogP contribution >= 0.6 is 11.6 Å². The highest BCUT2D eigenvalue weighted by Crippen LogP contribution is 2.31. The second kappa shape index (κ2) is 5.50. The largest absolute Gasteiger partial charge is 0.465 e. The highest BCUT2D eigenvalue weighted by Gasteiger charge is 2.30. The first-order valence-corrected chi connectivity index (χ1v) is 8.06. The molecule has 0 aliphatic carbocycles. The molecule has 0 amide bonds. The Labute approximate surface area is 124 Å². The van der Waals surface area contributed by atoms with Gasteiger partial charge in [0, 0.05) is 12.6 Å². The van der Waals surface area contributed by atoms with Crippen LogP contribution in [-0.2, 0) is 15.9 Å². The number of hydrogen-bond donors (Lipinski definition) is 0. The van der Waals surface area contributed by atoms with E-state index in [1.165, 1.54) is 11.4 Å². The first kappa shape index (κ1) is 14.9. The lowest BCUT2D eigenvalue weighted by Gasteiger charge is -2.19. The smallest absolute Gasteiger partial charge is 0.267 e. The van der Waals surface area contributed by atoms with Crippen molar-refractivity contribution in [2.24, 2.45) is 0 Å². The number of furan rings is 1. The lowest BCUT2D eigenvalue weighted by Crippen LogP contribution is -2.27. The molecule has 0 saturated carbocycles. The molecule has 0 fully saturated rings. The maximum Gasteiger partial charge on any atom is 0.267 e. The lowest BCUT2D eigenvalue weighted by atomic mass is 10.3. The Morgan fingerprint density at radius 3 is 2.30 bits per heavy atom. The summed E-state index contributed by atoms with van der Waals surface area (Å²) in [5, 5.41) is 0. The van der Waals surface area contributed by atoms with Crippen LogP contribution < -0.4 is 4.31 Å². The third-order valence-electron chi connectivity index (χ3n) is 3.20. The van der Waals surface area contributed by atoms with Crippen LogP contribution in [0.3, 0.4) is 0 Å². The molecule has 2 aromatic rings. The van der Waals surface area contributed by atoms with Crippen LogP contribution in [0.25, 0.3) is 0 Å². The van der Waals surface area contributed by atoms with Crippen molar-refractivity contribution in [1.82, 2.24) is 0 Å². The number of para-hydroxylation sites is 1. The Kier molecular flexibility index (Phi) is 4.11. The molecule has 1 heterocycles. The monoisotopic (exact) mass is 313 g/mol. The molecule has 108 valence electrons. The third-order valence-corrected chi connectivity index (χ3v) is 5.45. The molecule has 1 aromatic carbocycles. The number of sulfonamides is 1. The van der Waals surface area contributed by atoms with E-state index in [4.69, 9.17) is 16.0 Å².